The average molecular weight is 218 g/mol. The highest BCUT2D eigenvalue weighted by Gasteiger charge is 2.01. The van der Waals surface area contributed by atoms with Crippen LogP contribution in [0.5, 0.6) is 0 Å². The van der Waals surface area contributed by atoms with Gasteiger partial charge in [-0.25, -0.2) is 4.98 Å². The number of aromatic nitrogens is 2. The van der Waals surface area contributed by atoms with Crippen LogP contribution >= 0.6 is 11.8 Å². The Bertz CT molecular complexity index is 462. The first-order chi connectivity index (χ1) is 7.29. The minimum Gasteiger partial charge on any atom is -0.329 e. The van der Waals surface area contributed by atoms with Crippen molar-refractivity contribution in [3.63, 3.8) is 0 Å². The molecule has 0 bridgehead atoms. The Morgan fingerprint density at radius 3 is 2.60 bits per heavy atom. The van der Waals surface area contributed by atoms with Crippen LogP contribution < -0.4 is 0 Å². The largest absolute Gasteiger partial charge is 0.329 e. The summed E-state index contributed by atoms with van der Waals surface area (Å²) in [5, 5.41) is 0.939. The van der Waals surface area contributed by atoms with Gasteiger partial charge < -0.3 is 4.57 Å². The second kappa shape index (κ2) is 4.31. The van der Waals surface area contributed by atoms with E-state index in [1.54, 1.807) is 30.1 Å². The summed E-state index contributed by atoms with van der Waals surface area (Å²) in [7, 11) is 1.95. The Hall–Kier alpha value is -1.55. The topological polar surface area (TPSA) is 34.9 Å². The Labute approximate surface area is 92.1 Å². The molecule has 0 fully saturated rings. The Morgan fingerprint density at radius 1 is 1.33 bits per heavy atom. The molecule has 0 spiro atoms. The molecule has 0 aliphatic rings. The van der Waals surface area contributed by atoms with Crippen molar-refractivity contribution in [3.8, 4) is 0 Å². The highest BCUT2D eigenvalue weighted by atomic mass is 32.2. The van der Waals surface area contributed by atoms with Gasteiger partial charge in [0, 0.05) is 29.9 Å². The molecule has 3 nitrogen and oxygen atoms in total. The number of benzene rings is 1. The summed E-state index contributed by atoms with van der Waals surface area (Å²) in [6.07, 6.45) is 4.51. The average Bonchev–Trinajstić information content (AvgIpc) is 2.66. The first-order valence-corrected chi connectivity index (χ1v) is 5.31. The van der Waals surface area contributed by atoms with E-state index in [9.17, 15) is 4.79 Å². The quantitative estimate of drug-likeness (QED) is 0.742. The van der Waals surface area contributed by atoms with Gasteiger partial charge in [0.2, 0.25) is 0 Å². The molecule has 1 aromatic heterocycles. The highest BCUT2D eigenvalue weighted by Crippen LogP contribution is 2.25. The van der Waals surface area contributed by atoms with Crippen LogP contribution in [0.3, 0.4) is 0 Å². The number of hydrogen-bond donors (Lipinski definition) is 0. The van der Waals surface area contributed by atoms with Crippen LogP contribution in [-0.4, -0.2) is 15.8 Å². The maximum absolute atomic E-state index is 10.5. The van der Waals surface area contributed by atoms with E-state index in [2.05, 4.69) is 4.98 Å². The van der Waals surface area contributed by atoms with E-state index in [0.29, 0.717) is 5.56 Å². The van der Waals surface area contributed by atoms with Crippen molar-refractivity contribution in [2.45, 2.75) is 10.1 Å². The van der Waals surface area contributed by atoms with Gasteiger partial charge in [-0.1, -0.05) is 23.9 Å². The zero-order chi connectivity index (χ0) is 10.7. The smallest absolute Gasteiger partial charge is 0.172 e. The fraction of sp³-hybridized carbons (Fsp3) is 0.0909. The van der Waals surface area contributed by atoms with Crippen molar-refractivity contribution in [1.29, 1.82) is 0 Å². The third-order valence-electron chi connectivity index (χ3n) is 2.00. The Kier molecular flexibility index (Phi) is 2.87. The molecule has 2 aromatic rings. The number of hydrogen-bond acceptors (Lipinski definition) is 3. The van der Waals surface area contributed by atoms with Crippen molar-refractivity contribution >= 4 is 18.0 Å². The van der Waals surface area contributed by atoms with Gasteiger partial charge in [0.25, 0.3) is 0 Å². The molecule has 0 saturated carbocycles. The fourth-order valence-electron chi connectivity index (χ4n) is 1.17. The van der Waals surface area contributed by atoms with Gasteiger partial charge in [0.15, 0.2) is 5.16 Å². The van der Waals surface area contributed by atoms with Gasteiger partial charge in [-0.3, -0.25) is 4.79 Å². The number of rotatable bonds is 3. The molecule has 1 heterocycles. The SMILES string of the molecule is Cn1ccnc1Sc1ccc(C=O)cc1. The van der Waals surface area contributed by atoms with Crippen molar-refractivity contribution < 1.29 is 4.79 Å². The molecule has 0 saturated heterocycles. The van der Waals surface area contributed by atoms with Crippen LogP contribution in [0.1, 0.15) is 10.4 Å². The van der Waals surface area contributed by atoms with Gasteiger partial charge in [-0.2, -0.15) is 0 Å². The molecule has 1 aromatic carbocycles. The lowest BCUT2D eigenvalue weighted by atomic mass is 10.2. The van der Waals surface area contributed by atoms with E-state index < -0.39 is 0 Å². The molecule has 15 heavy (non-hydrogen) atoms. The number of aldehydes is 1. The number of nitrogens with zero attached hydrogens (tertiary/aromatic N) is 2. The molecule has 0 aliphatic carbocycles. The number of carbonyl (C=O) groups excluding carboxylic acids is 1. The molecule has 0 N–H and O–H groups in total. The van der Waals surface area contributed by atoms with E-state index in [4.69, 9.17) is 0 Å². The van der Waals surface area contributed by atoms with E-state index in [-0.39, 0.29) is 0 Å². The first kappa shape index (κ1) is 9.98. The third kappa shape index (κ3) is 2.27. The van der Waals surface area contributed by atoms with Crippen LogP contribution in [0.4, 0.5) is 0 Å². The zero-order valence-corrected chi connectivity index (χ0v) is 9.07. The van der Waals surface area contributed by atoms with Crippen molar-refractivity contribution in [2.75, 3.05) is 0 Å². The summed E-state index contributed by atoms with van der Waals surface area (Å²) in [4.78, 5) is 15.8. The monoisotopic (exact) mass is 218 g/mol. The normalized spacial score (nSPS) is 10.2. The number of carbonyl (C=O) groups is 1. The highest BCUT2D eigenvalue weighted by molar-refractivity contribution is 7.99. The molecular weight excluding hydrogens is 208 g/mol. The number of imidazole rings is 1. The summed E-state index contributed by atoms with van der Waals surface area (Å²) >= 11 is 1.58. The van der Waals surface area contributed by atoms with Gasteiger partial charge in [-0.05, 0) is 12.1 Å². The molecule has 0 amide bonds. The maximum atomic E-state index is 10.5. The first-order valence-electron chi connectivity index (χ1n) is 4.50. The molecule has 0 unspecified atom stereocenters. The molecule has 0 atom stereocenters. The molecule has 76 valence electrons. The van der Waals surface area contributed by atoms with Crippen LogP contribution in [0.25, 0.3) is 0 Å². The predicted molar refractivity (Wildman–Crippen MR) is 59.2 cm³/mol. The standard InChI is InChI=1S/C11H10N2OS/c1-13-7-6-12-11(13)15-10-4-2-9(8-14)3-5-10/h2-8H,1H3. The summed E-state index contributed by atoms with van der Waals surface area (Å²) in [6.45, 7) is 0. The van der Waals surface area contributed by atoms with Gasteiger partial charge >= 0.3 is 0 Å². The van der Waals surface area contributed by atoms with E-state index in [0.717, 1.165) is 16.3 Å². The van der Waals surface area contributed by atoms with Crippen LogP contribution in [0.2, 0.25) is 0 Å². The molecule has 0 aliphatic heterocycles. The maximum Gasteiger partial charge on any atom is 0.172 e. The minimum atomic E-state index is 0.694. The predicted octanol–water partition coefficient (Wildman–Crippen LogP) is 2.38. The number of aryl methyl sites for hydroxylation is 1. The zero-order valence-electron chi connectivity index (χ0n) is 8.25. The van der Waals surface area contributed by atoms with Gasteiger partial charge in [-0.15, -0.1) is 0 Å². The van der Waals surface area contributed by atoms with Crippen molar-refractivity contribution in [2.24, 2.45) is 7.05 Å². The van der Waals surface area contributed by atoms with Crippen LogP contribution in [0.15, 0.2) is 46.7 Å². The lowest BCUT2D eigenvalue weighted by molar-refractivity contribution is 0.112. The summed E-state index contributed by atoms with van der Waals surface area (Å²) in [5.41, 5.74) is 0.694. The molecular formula is C11H10N2OS. The molecule has 2 rings (SSSR count). The summed E-state index contributed by atoms with van der Waals surface area (Å²) in [6, 6.07) is 7.45. The third-order valence-corrected chi connectivity index (χ3v) is 3.09. The second-order valence-electron chi connectivity index (χ2n) is 3.11. The second-order valence-corrected chi connectivity index (χ2v) is 4.15. The Morgan fingerprint density at radius 2 is 2.07 bits per heavy atom. The summed E-state index contributed by atoms with van der Waals surface area (Å²) in [5.74, 6) is 0. The fourth-order valence-corrected chi connectivity index (χ4v) is 1.97. The minimum absolute atomic E-state index is 0.694. The lowest BCUT2D eigenvalue weighted by Crippen LogP contribution is -1.88. The van der Waals surface area contributed by atoms with E-state index >= 15 is 0 Å². The van der Waals surface area contributed by atoms with E-state index in [1.807, 2.05) is 29.9 Å². The van der Waals surface area contributed by atoms with Crippen LogP contribution in [-0.2, 0) is 7.05 Å². The van der Waals surface area contributed by atoms with Crippen LogP contribution in [0, 0.1) is 0 Å². The summed E-state index contributed by atoms with van der Waals surface area (Å²) < 4.78 is 1.96. The molecule has 0 radical (unpaired) electrons. The van der Waals surface area contributed by atoms with Gasteiger partial charge in [0.1, 0.15) is 6.29 Å². The van der Waals surface area contributed by atoms with E-state index in [1.165, 1.54) is 0 Å². The van der Waals surface area contributed by atoms with Crippen molar-refractivity contribution in [1.82, 2.24) is 9.55 Å². The molecule has 4 heteroatoms. The Balaban J connectivity index is 2.18. The van der Waals surface area contributed by atoms with Gasteiger partial charge in [0.05, 0.1) is 0 Å². The lowest BCUT2D eigenvalue weighted by Gasteiger charge is -2.01. The van der Waals surface area contributed by atoms with Crippen molar-refractivity contribution in [3.05, 3.63) is 42.2 Å².